The first-order valence-electron chi connectivity index (χ1n) is 9.50. The summed E-state index contributed by atoms with van der Waals surface area (Å²) in [6.45, 7) is 4.01. The first-order chi connectivity index (χ1) is 14.5. The van der Waals surface area contributed by atoms with Crippen molar-refractivity contribution >= 4 is 45.2 Å². The second-order valence-corrected chi connectivity index (χ2v) is 8.13. The first-order valence-corrected chi connectivity index (χ1v) is 10.7. The Bertz CT molecular complexity index is 1210. The number of nitrogens with one attached hydrogen (secondary N) is 2. The van der Waals surface area contributed by atoms with E-state index >= 15 is 0 Å². The molecule has 0 fully saturated rings. The summed E-state index contributed by atoms with van der Waals surface area (Å²) in [4.78, 5) is 13.0. The summed E-state index contributed by atoms with van der Waals surface area (Å²) in [5.41, 5.74) is 3.76. The van der Waals surface area contributed by atoms with Gasteiger partial charge >= 0.3 is 0 Å². The van der Waals surface area contributed by atoms with Crippen molar-refractivity contribution in [2.75, 3.05) is 5.32 Å². The second-order valence-electron chi connectivity index (χ2n) is 6.77. The van der Waals surface area contributed by atoms with Crippen molar-refractivity contribution in [1.29, 1.82) is 0 Å². The van der Waals surface area contributed by atoms with Crippen LogP contribution < -0.4 is 10.6 Å². The van der Waals surface area contributed by atoms with Gasteiger partial charge in [0, 0.05) is 17.7 Å². The predicted molar refractivity (Wildman–Crippen MR) is 123 cm³/mol. The highest BCUT2D eigenvalue weighted by atomic mass is 32.1. The van der Waals surface area contributed by atoms with Crippen molar-refractivity contribution in [3.63, 3.8) is 0 Å². The number of anilines is 1. The van der Waals surface area contributed by atoms with E-state index in [9.17, 15) is 4.79 Å². The third-order valence-corrected chi connectivity index (χ3v) is 5.71. The first kappa shape index (κ1) is 20.1. The number of carbonyl (C=O) groups is 1. The molecule has 0 aliphatic heterocycles. The van der Waals surface area contributed by atoms with Crippen LogP contribution in [0.15, 0.2) is 48.5 Å². The van der Waals surface area contributed by atoms with E-state index in [1.807, 2.05) is 62.4 Å². The van der Waals surface area contributed by atoms with E-state index in [1.165, 1.54) is 11.3 Å². The van der Waals surface area contributed by atoms with Crippen molar-refractivity contribution in [1.82, 2.24) is 25.1 Å². The van der Waals surface area contributed by atoms with E-state index in [0.29, 0.717) is 0 Å². The maximum Gasteiger partial charge on any atom is 0.234 e. The maximum absolute atomic E-state index is 12.2. The minimum atomic E-state index is -0.153. The van der Waals surface area contributed by atoms with E-state index in [0.717, 1.165) is 44.6 Å². The van der Waals surface area contributed by atoms with Gasteiger partial charge in [0.2, 0.25) is 10.9 Å². The summed E-state index contributed by atoms with van der Waals surface area (Å²) in [5.74, 6) is 0.693. The molecule has 2 aromatic carbocycles. The number of aryl methyl sites for hydroxylation is 2. The number of hydrogen-bond donors (Lipinski definition) is 2. The molecule has 0 saturated carbocycles. The molecule has 152 valence electrons. The Morgan fingerprint density at radius 1 is 1.17 bits per heavy atom. The quantitative estimate of drug-likeness (QED) is 0.463. The highest BCUT2D eigenvalue weighted by Crippen LogP contribution is 2.28. The van der Waals surface area contributed by atoms with Crippen molar-refractivity contribution in [2.24, 2.45) is 0 Å². The summed E-state index contributed by atoms with van der Waals surface area (Å²) in [7, 11) is 0. The van der Waals surface area contributed by atoms with E-state index in [-0.39, 0.29) is 17.4 Å². The smallest absolute Gasteiger partial charge is 0.234 e. The third kappa shape index (κ3) is 4.37. The van der Waals surface area contributed by atoms with Crippen LogP contribution in [0.4, 0.5) is 5.69 Å². The molecule has 30 heavy (non-hydrogen) atoms. The maximum atomic E-state index is 12.2. The normalized spacial score (nSPS) is 10.9. The van der Waals surface area contributed by atoms with Crippen LogP contribution in [0.1, 0.15) is 23.9 Å². The highest BCUT2D eigenvalue weighted by Gasteiger charge is 2.13. The fourth-order valence-electron chi connectivity index (χ4n) is 3.04. The molecule has 0 spiro atoms. The van der Waals surface area contributed by atoms with Crippen LogP contribution in [0, 0.1) is 6.92 Å². The van der Waals surface area contributed by atoms with Crippen LogP contribution in [0.5, 0.6) is 0 Å². The summed E-state index contributed by atoms with van der Waals surface area (Å²) in [6, 6.07) is 15.5. The van der Waals surface area contributed by atoms with Crippen LogP contribution in [0.25, 0.3) is 15.5 Å². The van der Waals surface area contributed by atoms with Gasteiger partial charge < -0.3 is 10.6 Å². The van der Waals surface area contributed by atoms with Gasteiger partial charge in [0.1, 0.15) is 5.01 Å². The highest BCUT2D eigenvalue weighted by molar-refractivity contribution is 7.80. The number of hydrogen-bond acceptors (Lipinski definition) is 6. The van der Waals surface area contributed by atoms with Crippen molar-refractivity contribution in [3.05, 3.63) is 65.5 Å². The molecule has 4 rings (SSSR count). The Morgan fingerprint density at radius 3 is 2.70 bits per heavy atom. The average Bonchev–Trinajstić information content (AvgIpc) is 3.30. The lowest BCUT2D eigenvalue weighted by Gasteiger charge is -2.12. The van der Waals surface area contributed by atoms with Gasteiger partial charge in [-0.25, -0.2) is 0 Å². The van der Waals surface area contributed by atoms with Crippen molar-refractivity contribution < 1.29 is 4.79 Å². The van der Waals surface area contributed by atoms with Gasteiger partial charge in [0.05, 0.1) is 6.42 Å². The Hall–Kier alpha value is -3.17. The summed E-state index contributed by atoms with van der Waals surface area (Å²) < 4.78 is 1.79. The number of fused-ring (bicyclic) bond motifs is 1. The standard InChI is InChI=1S/C21H20N6OS2/c1-3-17-24-25-21-27(17)26-19(30-21)15-9-10-16(13(2)11-15)22-20(29)23-18(28)12-14-7-5-4-6-8-14/h4-11H,3,12H2,1-2H3,(H2,22,23,28,29). The summed E-state index contributed by atoms with van der Waals surface area (Å²) >= 11 is 6.80. The van der Waals surface area contributed by atoms with Crippen LogP contribution in [-0.2, 0) is 17.6 Å². The number of aromatic nitrogens is 4. The van der Waals surface area contributed by atoms with Gasteiger partial charge in [-0.2, -0.15) is 9.61 Å². The summed E-state index contributed by atoms with van der Waals surface area (Å²) in [5, 5.41) is 19.9. The van der Waals surface area contributed by atoms with Gasteiger partial charge in [0.15, 0.2) is 10.9 Å². The van der Waals surface area contributed by atoms with Gasteiger partial charge in [-0.3, -0.25) is 4.79 Å². The average molecular weight is 437 g/mol. The predicted octanol–water partition coefficient (Wildman–Crippen LogP) is 3.78. The molecule has 9 heteroatoms. The molecule has 2 aromatic heterocycles. The van der Waals surface area contributed by atoms with E-state index in [1.54, 1.807) is 4.52 Å². The Balaban J connectivity index is 1.43. The minimum absolute atomic E-state index is 0.153. The van der Waals surface area contributed by atoms with Crippen molar-refractivity contribution in [3.8, 4) is 10.6 Å². The molecule has 0 atom stereocenters. The van der Waals surface area contributed by atoms with Crippen LogP contribution >= 0.6 is 23.6 Å². The van der Waals surface area contributed by atoms with E-state index in [4.69, 9.17) is 12.2 Å². The zero-order chi connectivity index (χ0) is 21.1. The lowest BCUT2D eigenvalue weighted by Crippen LogP contribution is -2.35. The van der Waals surface area contributed by atoms with Gasteiger partial charge in [0.25, 0.3) is 0 Å². The molecule has 2 N–H and O–H groups in total. The number of nitrogens with zero attached hydrogens (tertiary/aromatic N) is 4. The zero-order valence-electron chi connectivity index (χ0n) is 16.5. The number of benzene rings is 2. The topological polar surface area (TPSA) is 84.2 Å². The lowest BCUT2D eigenvalue weighted by atomic mass is 10.1. The number of rotatable bonds is 5. The van der Waals surface area contributed by atoms with Gasteiger partial charge in [-0.1, -0.05) is 48.6 Å². The molecule has 0 saturated heterocycles. The van der Waals surface area contributed by atoms with E-state index in [2.05, 4.69) is 25.9 Å². The SMILES string of the molecule is CCc1nnc2sc(-c3ccc(NC(=S)NC(=O)Cc4ccccc4)c(C)c3)nn12. The van der Waals surface area contributed by atoms with Gasteiger partial charge in [-0.05, 0) is 48.5 Å². The third-order valence-electron chi connectivity index (χ3n) is 4.55. The zero-order valence-corrected chi connectivity index (χ0v) is 18.2. The number of carbonyl (C=O) groups excluding carboxylic acids is 1. The molecule has 1 amide bonds. The molecule has 0 unspecified atom stereocenters. The molecule has 0 bridgehead atoms. The van der Waals surface area contributed by atoms with Crippen LogP contribution in [0.3, 0.4) is 0 Å². The van der Waals surface area contributed by atoms with E-state index < -0.39 is 0 Å². The largest absolute Gasteiger partial charge is 0.332 e. The molecule has 7 nitrogen and oxygen atoms in total. The number of amides is 1. The minimum Gasteiger partial charge on any atom is -0.332 e. The molecule has 4 aromatic rings. The molecule has 0 aliphatic rings. The lowest BCUT2D eigenvalue weighted by molar-refractivity contribution is -0.119. The van der Waals surface area contributed by atoms with Crippen molar-refractivity contribution in [2.45, 2.75) is 26.7 Å². The van der Waals surface area contributed by atoms with Gasteiger partial charge in [-0.15, -0.1) is 10.2 Å². The Labute approximate surface area is 183 Å². The molecular weight excluding hydrogens is 416 g/mol. The molecule has 2 heterocycles. The molecular formula is C21H20N6OS2. The Kier molecular flexibility index (Phi) is 5.82. The monoisotopic (exact) mass is 436 g/mol. The van der Waals surface area contributed by atoms with Crippen LogP contribution in [-0.4, -0.2) is 30.8 Å². The summed E-state index contributed by atoms with van der Waals surface area (Å²) in [6.07, 6.45) is 1.06. The molecule has 0 radical (unpaired) electrons. The Morgan fingerprint density at radius 2 is 1.97 bits per heavy atom. The fourth-order valence-corrected chi connectivity index (χ4v) is 4.12. The fraction of sp³-hybridized carbons (Fsp3) is 0.190. The molecule has 0 aliphatic carbocycles. The second kappa shape index (κ2) is 8.68. The number of thiocarbonyl (C=S) groups is 1. The van der Waals surface area contributed by atoms with Crippen LogP contribution in [0.2, 0.25) is 0 Å².